The van der Waals surface area contributed by atoms with Crippen molar-refractivity contribution < 1.29 is 33.5 Å². The third-order valence-corrected chi connectivity index (χ3v) is 10.9. The molecule has 0 aromatic carbocycles. The summed E-state index contributed by atoms with van der Waals surface area (Å²) in [6.45, 7) is 11.7. The van der Waals surface area contributed by atoms with Gasteiger partial charge in [-0.1, -0.05) is 26.2 Å². The first-order chi connectivity index (χ1) is 11.3. The van der Waals surface area contributed by atoms with Crippen molar-refractivity contribution in [3.05, 3.63) is 61.7 Å². The van der Waals surface area contributed by atoms with Gasteiger partial charge in [0, 0.05) is 29.4 Å². The number of allylic oxidation sites excluding steroid dienone is 8. The Morgan fingerprint density at radius 3 is 1.29 bits per heavy atom. The minimum absolute atomic E-state index is 0. The predicted octanol–water partition coefficient (Wildman–Crippen LogP) is 4.66. The number of aliphatic hydroxyl groups is 2. The maximum absolute atomic E-state index is 8.83. The fourth-order valence-electron chi connectivity index (χ4n) is 2.57. The Kier molecular flexibility index (Phi) is 29.9. The van der Waals surface area contributed by atoms with Gasteiger partial charge in [-0.05, 0) is 12.1 Å². The van der Waals surface area contributed by atoms with Gasteiger partial charge in [0.15, 0.2) is 0 Å². The molecule has 0 amide bonds. The van der Waals surface area contributed by atoms with Gasteiger partial charge in [-0.15, -0.1) is 37.7 Å². The van der Waals surface area contributed by atoms with E-state index < -0.39 is 16.1 Å². The summed E-state index contributed by atoms with van der Waals surface area (Å²) in [6.07, 6.45) is 17.2. The zero-order chi connectivity index (χ0) is 18.6. The molecule has 0 atom stereocenters. The van der Waals surface area contributed by atoms with E-state index in [1.807, 2.05) is 6.88 Å². The van der Waals surface area contributed by atoms with Crippen LogP contribution in [0.1, 0.15) is 12.8 Å². The normalized spacial score (nSPS) is 13.6. The molecule has 0 aromatic heterocycles. The predicted molar refractivity (Wildman–Crippen MR) is 136 cm³/mol. The van der Waals surface area contributed by atoms with Crippen LogP contribution in [0.15, 0.2) is 34.7 Å². The van der Waals surface area contributed by atoms with E-state index in [4.69, 9.17) is 10.2 Å². The van der Waals surface area contributed by atoms with Crippen molar-refractivity contribution >= 4 is 47.8 Å². The molecule has 2 nitrogen and oxygen atoms in total. The quantitative estimate of drug-likeness (QED) is 0.368. The molecule has 2 aliphatic carbocycles. The summed E-state index contributed by atoms with van der Waals surface area (Å²) in [6, 6.07) is 1.92. The van der Waals surface area contributed by atoms with Gasteiger partial charge in [0.25, 0.3) is 0 Å². The van der Waals surface area contributed by atoms with Crippen molar-refractivity contribution in [2.75, 3.05) is 13.2 Å². The van der Waals surface area contributed by atoms with E-state index in [-0.39, 0.29) is 39.7 Å². The number of halogens is 2. The maximum atomic E-state index is 8.83. The topological polar surface area (TPSA) is 40.5 Å². The van der Waals surface area contributed by atoms with E-state index in [0.29, 0.717) is 13.2 Å². The molecule has 0 unspecified atom stereocenters. The molecule has 8 heteroatoms. The molecule has 0 saturated heterocycles. The van der Waals surface area contributed by atoms with Crippen molar-refractivity contribution in [3.63, 3.8) is 0 Å². The van der Waals surface area contributed by atoms with Crippen LogP contribution in [0.3, 0.4) is 0 Å². The second-order valence-electron chi connectivity index (χ2n) is 7.11. The van der Waals surface area contributed by atoms with Crippen LogP contribution >= 0.6 is 24.8 Å². The molecule has 0 aliphatic heterocycles. The van der Waals surface area contributed by atoms with Gasteiger partial charge in [0.1, 0.15) is 0 Å². The van der Waals surface area contributed by atoms with E-state index >= 15 is 0 Å². The Morgan fingerprint density at radius 1 is 0.821 bits per heavy atom. The molecule has 2 N–H and O–H groups in total. The third kappa shape index (κ3) is 14.9. The summed E-state index contributed by atoms with van der Waals surface area (Å²) in [4.78, 5) is 0. The monoisotopic (exact) mass is 556 g/mol. The van der Waals surface area contributed by atoms with Crippen LogP contribution in [0.5, 0.6) is 0 Å². The average Bonchev–Trinajstić information content (AvgIpc) is 3.24. The SMILES string of the molecule is C[Si](C)(CCO)C1=[C-]CC=C1.C[Si](C)(CCO)C1=[C-]CC=C1.Cl.Cl.[CH3-].[CH3-].[SiH2]=[Zr]. The molecule has 166 valence electrons. The van der Waals surface area contributed by atoms with Crippen molar-refractivity contribution in [2.45, 2.75) is 51.1 Å². The number of aliphatic hydroxyl groups excluding tert-OH is 2. The van der Waals surface area contributed by atoms with Crippen LogP contribution in [0, 0.1) is 27.0 Å². The zero-order valence-electron chi connectivity index (χ0n) is 18.5. The van der Waals surface area contributed by atoms with Crippen LogP contribution in [0.25, 0.3) is 0 Å². The molecule has 2 rings (SSSR count). The molecule has 0 aromatic rings. The van der Waals surface area contributed by atoms with Crippen molar-refractivity contribution in [2.24, 2.45) is 0 Å². The van der Waals surface area contributed by atoms with Crippen LogP contribution < -0.4 is 0 Å². The van der Waals surface area contributed by atoms with Gasteiger partial charge >= 0.3 is 30.2 Å². The summed E-state index contributed by atoms with van der Waals surface area (Å²) in [5.74, 6) is 0. The Morgan fingerprint density at radius 2 is 1.11 bits per heavy atom. The van der Waals surface area contributed by atoms with Gasteiger partial charge < -0.3 is 25.1 Å². The Labute approximate surface area is 206 Å². The van der Waals surface area contributed by atoms with Crippen molar-refractivity contribution in [1.29, 1.82) is 0 Å². The fraction of sp³-hybridized carbons (Fsp3) is 0.500. The summed E-state index contributed by atoms with van der Waals surface area (Å²) in [5.41, 5.74) is 0. The van der Waals surface area contributed by atoms with E-state index in [1.165, 1.54) is 10.4 Å². The number of rotatable bonds is 6. The van der Waals surface area contributed by atoms with Crippen LogP contribution in [-0.2, 0) is 23.3 Å². The van der Waals surface area contributed by atoms with Gasteiger partial charge in [-0.3, -0.25) is 12.2 Å². The molecule has 0 saturated carbocycles. The summed E-state index contributed by atoms with van der Waals surface area (Å²) >= 11 is 1.58. The van der Waals surface area contributed by atoms with Crippen LogP contribution in [0.4, 0.5) is 0 Å². The standard InChI is InChI=1S/2C9H15OSi.2CH3.2ClH.H2Si.Zr/c2*1-11(2,8-7-10)9-5-3-4-6-9;;;;;;/h2*3,5,10H,4,7-8H2,1-2H3;2*1H3;2*1H;1H2;/q4*-1;;;;. The molecule has 0 bridgehead atoms. The zero-order valence-corrected chi connectivity index (χ0v) is 26.0. The second-order valence-corrected chi connectivity index (χ2v) is 16.7. The second kappa shape index (κ2) is 21.2. The first kappa shape index (κ1) is 39.5. The molecule has 0 spiro atoms. The van der Waals surface area contributed by atoms with Gasteiger partial charge in [0.05, 0.1) is 0 Å². The fourth-order valence-corrected chi connectivity index (χ4v) is 6.52. The van der Waals surface area contributed by atoms with Crippen molar-refractivity contribution in [3.8, 4) is 0 Å². The molecular weight excluding hydrogens is 519 g/mol. The third-order valence-electron chi connectivity index (χ3n) is 4.32. The van der Waals surface area contributed by atoms with Gasteiger partial charge in [-0.25, -0.2) is 22.5 Å². The number of hydrogen-bond acceptors (Lipinski definition) is 2. The van der Waals surface area contributed by atoms with E-state index in [9.17, 15) is 0 Å². The molecule has 0 fully saturated rings. The first-order valence-electron chi connectivity index (χ1n) is 8.46. The van der Waals surface area contributed by atoms with E-state index in [1.54, 1.807) is 23.3 Å². The molecule has 0 heterocycles. The summed E-state index contributed by atoms with van der Waals surface area (Å²) in [7, 11) is -2.60. The summed E-state index contributed by atoms with van der Waals surface area (Å²) in [5, 5.41) is 20.4. The summed E-state index contributed by atoms with van der Waals surface area (Å²) < 4.78 is 0. The first-order valence-corrected chi connectivity index (χ1v) is 20.8. The Hall–Kier alpha value is 0.994. The molecule has 28 heavy (non-hydrogen) atoms. The molecule has 0 radical (unpaired) electrons. The van der Waals surface area contributed by atoms with Gasteiger partial charge in [0.2, 0.25) is 0 Å². The molecule has 2 aliphatic rings. The average molecular weight is 559 g/mol. The van der Waals surface area contributed by atoms with Gasteiger partial charge in [-0.2, -0.15) is 12.2 Å². The minimum atomic E-state index is -1.30. The van der Waals surface area contributed by atoms with E-state index in [2.05, 4.69) is 62.6 Å². The van der Waals surface area contributed by atoms with Crippen molar-refractivity contribution in [1.82, 2.24) is 0 Å². The Bertz CT molecular complexity index is 462. The Balaban J connectivity index is -0.000000102. The van der Waals surface area contributed by atoms with Crippen LogP contribution in [0.2, 0.25) is 38.3 Å². The number of hydrogen-bond donors (Lipinski definition) is 2. The van der Waals surface area contributed by atoms with E-state index in [0.717, 1.165) is 24.9 Å². The van der Waals surface area contributed by atoms with Crippen LogP contribution in [-0.4, -0.2) is 46.5 Å². The molecular formula is C20H40Cl2O2Si3Zr-4.